The van der Waals surface area contributed by atoms with Gasteiger partial charge in [-0.3, -0.25) is 4.79 Å². The maximum atomic E-state index is 12.4. The van der Waals surface area contributed by atoms with E-state index >= 15 is 0 Å². The minimum absolute atomic E-state index is 0.0147. The zero-order chi connectivity index (χ0) is 15.5. The van der Waals surface area contributed by atoms with Gasteiger partial charge in [0, 0.05) is 5.92 Å². The highest BCUT2D eigenvalue weighted by Crippen LogP contribution is 2.47. The quantitative estimate of drug-likeness (QED) is 0.325. The SMILES string of the molecule is CCC(CC)(NC(=O)C1CC1c1ccccc1)/C(N)=N/O. The van der Waals surface area contributed by atoms with E-state index in [-0.39, 0.29) is 23.6 Å². The second-order valence-electron chi connectivity index (χ2n) is 5.62. The first kappa shape index (κ1) is 15.4. The number of hydrogen-bond acceptors (Lipinski definition) is 3. The molecule has 0 saturated heterocycles. The van der Waals surface area contributed by atoms with E-state index in [0.29, 0.717) is 12.8 Å². The molecule has 21 heavy (non-hydrogen) atoms. The van der Waals surface area contributed by atoms with Gasteiger partial charge in [-0.1, -0.05) is 49.3 Å². The minimum Gasteiger partial charge on any atom is -0.409 e. The third-order valence-corrected chi connectivity index (χ3v) is 4.52. The summed E-state index contributed by atoms with van der Waals surface area (Å²) in [6.07, 6.45) is 2.04. The topological polar surface area (TPSA) is 87.7 Å². The summed E-state index contributed by atoms with van der Waals surface area (Å²) < 4.78 is 0. The molecule has 1 aliphatic rings. The van der Waals surface area contributed by atoms with E-state index in [2.05, 4.69) is 10.5 Å². The number of nitrogens with one attached hydrogen (secondary N) is 1. The molecule has 1 aromatic rings. The second kappa shape index (κ2) is 6.16. The van der Waals surface area contributed by atoms with E-state index in [1.807, 2.05) is 44.2 Å². The molecule has 4 N–H and O–H groups in total. The fourth-order valence-electron chi connectivity index (χ4n) is 2.83. The standard InChI is InChI=1S/C16H23N3O2/c1-3-16(4-2,15(17)19-21)18-14(20)13-10-12(13)11-8-6-5-7-9-11/h5-9,12-13,21H,3-4,10H2,1-2H3,(H2,17,19)(H,18,20). The van der Waals surface area contributed by atoms with Crippen molar-refractivity contribution in [2.45, 2.75) is 44.6 Å². The van der Waals surface area contributed by atoms with Crippen LogP contribution in [0.25, 0.3) is 0 Å². The Bertz CT molecular complexity index is 524. The van der Waals surface area contributed by atoms with Crippen LogP contribution >= 0.6 is 0 Å². The fourth-order valence-corrected chi connectivity index (χ4v) is 2.83. The number of carbonyl (C=O) groups excluding carboxylic acids is 1. The predicted molar refractivity (Wildman–Crippen MR) is 82.2 cm³/mol. The van der Waals surface area contributed by atoms with E-state index in [1.165, 1.54) is 5.56 Å². The Kier molecular flexibility index (Phi) is 4.50. The molecule has 1 fully saturated rings. The lowest BCUT2D eigenvalue weighted by Crippen LogP contribution is -2.57. The summed E-state index contributed by atoms with van der Waals surface area (Å²) in [6, 6.07) is 10.0. The Morgan fingerprint density at radius 3 is 2.52 bits per heavy atom. The average Bonchev–Trinajstić information content (AvgIpc) is 3.33. The summed E-state index contributed by atoms with van der Waals surface area (Å²) >= 11 is 0. The monoisotopic (exact) mass is 289 g/mol. The Labute approximate surface area is 125 Å². The third kappa shape index (κ3) is 3.01. The highest BCUT2D eigenvalue weighted by Gasteiger charge is 2.46. The first-order valence-electron chi connectivity index (χ1n) is 7.43. The van der Waals surface area contributed by atoms with Crippen molar-refractivity contribution in [1.82, 2.24) is 5.32 Å². The smallest absolute Gasteiger partial charge is 0.224 e. The molecule has 0 aliphatic heterocycles. The number of amidine groups is 1. The van der Waals surface area contributed by atoms with Gasteiger partial charge < -0.3 is 16.3 Å². The zero-order valence-corrected chi connectivity index (χ0v) is 12.5. The maximum absolute atomic E-state index is 12.4. The molecule has 1 saturated carbocycles. The number of rotatable bonds is 6. The van der Waals surface area contributed by atoms with E-state index in [9.17, 15) is 4.79 Å². The van der Waals surface area contributed by atoms with Gasteiger partial charge in [0.1, 0.15) is 5.54 Å². The van der Waals surface area contributed by atoms with E-state index in [0.717, 1.165) is 6.42 Å². The van der Waals surface area contributed by atoms with Gasteiger partial charge in [0.15, 0.2) is 5.84 Å². The molecule has 1 aromatic carbocycles. The summed E-state index contributed by atoms with van der Waals surface area (Å²) in [4.78, 5) is 12.4. The average molecular weight is 289 g/mol. The van der Waals surface area contributed by atoms with Crippen LogP contribution in [0.2, 0.25) is 0 Å². The van der Waals surface area contributed by atoms with Gasteiger partial charge in [-0.2, -0.15) is 0 Å². The van der Waals surface area contributed by atoms with Crippen molar-refractivity contribution in [1.29, 1.82) is 0 Å². The molecular formula is C16H23N3O2. The van der Waals surface area contributed by atoms with Crippen molar-refractivity contribution in [2.24, 2.45) is 16.8 Å². The molecule has 2 unspecified atom stereocenters. The minimum atomic E-state index is -0.754. The van der Waals surface area contributed by atoms with Gasteiger partial charge in [-0.25, -0.2) is 0 Å². The molecule has 0 bridgehead atoms. The van der Waals surface area contributed by atoms with Gasteiger partial charge >= 0.3 is 0 Å². The number of carbonyl (C=O) groups is 1. The lowest BCUT2D eigenvalue weighted by Gasteiger charge is -2.31. The van der Waals surface area contributed by atoms with Crippen molar-refractivity contribution < 1.29 is 10.0 Å². The van der Waals surface area contributed by atoms with E-state index < -0.39 is 5.54 Å². The number of nitrogens with two attached hydrogens (primary N) is 1. The Hall–Kier alpha value is -2.04. The first-order chi connectivity index (χ1) is 10.1. The molecule has 0 radical (unpaired) electrons. The Morgan fingerprint density at radius 1 is 1.38 bits per heavy atom. The Morgan fingerprint density at radius 2 is 2.00 bits per heavy atom. The molecular weight excluding hydrogens is 266 g/mol. The Balaban J connectivity index is 2.05. The van der Waals surface area contributed by atoms with Crippen molar-refractivity contribution in [2.75, 3.05) is 0 Å². The van der Waals surface area contributed by atoms with Crippen LogP contribution in [0, 0.1) is 5.92 Å². The zero-order valence-electron chi connectivity index (χ0n) is 12.5. The molecule has 0 heterocycles. The normalized spacial score (nSPS) is 21.9. The predicted octanol–water partition coefficient (Wildman–Crippen LogP) is 2.21. The van der Waals surface area contributed by atoms with Crippen molar-refractivity contribution >= 4 is 11.7 Å². The van der Waals surface area contributed by atoms with Crippen molar-refractivity contribution in [3.05, 3.63) is 35.9 Å². The summed E-state index contributed by atoms with van der Waals surface area (Å²) in [5.74, 6) is 0.318. The lowest BCUT2D eigenvalue weighted by atomic mass is 9.91. The van der Waals surface area contributed by atoms with Crippen LogP contribution in [0.3, 0.4) is 0 Å². The maximum Gasteiger partial charge on any atom is 0.224 e. The van der Waals surface area contributed by atoms with Crippen LogP contribution in [-0.4, -0.2) is 22.5 Å². The summed E-state index contributed by atoms with van der Waals surface area (Å²) in [5, 5.41) is 15.0. The number of hydrogen-bond donors (Lipinski definition) is 3. The first-order valence-corrected chi connectivity index (χ1v) is 7.43. The highest BCUT2D eigenvalue weighted by molar-refractivity contribution is 5.95. The molecule has 1 amide bonds. The lowest BCUT2D eigenvalue weighted by molar-refractivity contribution is -0.123. The number of oxime groups is 1. The molecule has 0 aromatic heterocycles. The van der Waals surface area contributed by atoms with Crippen molar-refractivity contribution in [3.63, 3.8) is 0 Å². The van der Waals surface area contributed by atoms with Crippen LogP contribution < -0.4 is 11.1 Å². The second-order valence-corrected chi connectivity index (χ2v) is 5.62. The van der Waals surface area contributed by atoms with Crippen LogP contribution in [0.1, 0.15) is 44.6 Å². The number of benzene rings is 1. The van der Waals surface area contributed by atoms with Crippen LogP contribution in [0.15, 0.2) is 35.5 Å². The van der Waals surface area contributed by atoms with Crippen LogP contribution in [0.4, 0.5) is 0 Å². The fraction of sp³-hybridized carbons (Fsp3) is 0.500. The van der Waals surface area contributed by atoms with Crippen LogP contribution in [-0.2, 0) is 4.79 Å². The molecule has 5 heteroatoms. The van der Waals surface area contributed by atoms with Gasteiger partial charge in [-0.05, 0) is 30.7 Å². The summed E-state index contributed by atoms with van der Waals surface area (Å²) in [6.45, 7) is 3.84. The van der Waals surface area contributed by atoms with Crippen molar-refractivity contribution in [3.8, 4) is 0 Å². The van der Waals surface area contributed by atoms with Gasteiger partial charge in [0.05, 0.1) is 0 Å². The van der Waals surface area contributed by atoms with Gasteiger partial charge in [-0.15, -0.1) is 0 Å². The van der Waals surface area contributed by atoms with Crippen LogP contribution in [0.5, 0.6) is 0 Å². The highest BCUT2D eigenvalue weighted by atomic mass is 16.4. The van der Waals surface area contributed by atoms with E-state index in [4.69, 9.17) is 10.9 Å². The number of nitrogens with zero attached hydrogens (tertiary/aromatic N) is 1. The summed E-state index contributed by atoms with van der Waals surface area (Å²) in [5.41, 5.74) is 6.21. The number of amides is 1. The largest absolute Gasteiger partial charge is 0.409 e. The molecule has 2 atom stereocenters. The van der Waals surface area contributed by atoms with E-state index in [1.54, 1.807) is 0 Å². The van der Waals surface area contributed by atoms with Gasteiger partial charge in [0.2, 0.25) is 5.91 Å². The van der Waals surface area contributed by atoms with Gasteiger partial charge in [0.25, 0.3) is 0 Å². The molecule has 5 nitrogen and oxygen atoms in total. The molecule has 114 valence electrons. The molecule has 2 rings (SSSR count). The molecule has 0 spiro atoms. The summed E-state index contributed by atoms with van der Waals surface area (Å²) in [7, 11) is 0. The third-order valence-electron chi connectivity index (χ3n) is 4.52. The molecule has 1 aliphatic carbocycles.